The van der Waals surface area contributed by atoms with E-state index >= 15 is 0 Å². The molecule has 9 aromatic carbocycles. The summed E-state index contributed by atoms with van der Waals surface area (Å²) < 4.78 is 6.52. The fourth-order valence-electron chi connectivity index (χ4n) is 7.77. The van der Waals surface area contributed by atoms with Crippen LogP contribution in [-0.4, -0.2) is 0 Å². The van der Waals surface area contributed by atoms with Crippen molar-refractivity contribution in [1.29, 1.82) is 0 Å². The van der Waals surface area contributed by atoms with E-state index in [0.29, 0.717) is 0 Å². The highest BCUT2D eigenvalue weighted by Gasteiger charge is 2.19. The van der Waals surface area contributed by atoms with Crippen LogP contribution >= 0.6 is 0 Å². The van der Waals surface area contributed by atoms with Crippen molar-refractivity contribution in [3.63, 3.8) is 0 Å². The van der Waals surface area contributed by atoms with Crippen LogP contribution in [0, 0.1) is 0 Å². The van der Waals surface area contributed by atoms with Crippen LogP contribution in [0.15, 0.2) is 186 Å². The summed E-state index contributed by atoms with van der Waals surface area (Å²) in [5.74, 6) is 0. The first-order valence-electron chi connectivity index (χ1n) is 16.8. The van der Waals surface area contributed by atoms with Crippen LogP contribution < -0.4 is 0 Å². The average Bonchev–Trinajstić information content (AvgIpc) is 3.54. The van der Waals surface area contributed by atoms with Gasteiger partial charge in [0.25, 0.3) is 0 Å². The van der Waals surface area contributed by atoms with Crippen molar-refractivity contribution in [3.05, 3.63) is 182 Å². The molecule has 0 bridgehead atoms. The van der Waals surface area contributed by atoms with Crippen molar-refractivity contribution in [3.8, 4) is 44.5 Å². The van der Waals surface area contributed by atoms with E-state index in [1.807, 2.05) is 0 Å². The summed E-state index contributed by atoms with van der Waals surface area (Å²) in [6, 6.07) is 65.7. The van der Waals surface area contributed by atoms with Crippen molar-refractivity contribution < 1.29 is 4.42 Å². The van der Waals surface area contributed by atoms with Crippen LogP contribution in [0.5, 0.6) is 0 Å². The van der Waals surface area contributed by atoms with Gasteiger partial charge in [0.15, 0.2) is 0 Å². The lowest BCUT2D eigenvalue weighted by Crippen LogP contribution is -1.92. The fraction of sp³-hybridized carbons (Fsp3) is 0. The van der Waals surface area contributed by atoms with Crippen LogP contribution in [0.2, 0.25) is 0 Å². The number of benzene rings is 9. The van der Waals surface area contributed by atoms with E-state index in [0.717, 1.165) is 27.5 Å². The number of rotatable bonds is 4. The highest BCUT2D eigenvalue weighted by molar-refractivity contribution is 6.24. The van der Waals surface area contributed by atoms with Crippen LogP contribution in [0.1, 0.15) is 0 Å². The molecule has 0 spiro atoms. The lowest BCUT2D eigenvalue weighted by molar-refractivity contribution is 0.669. The van der Waals surface area contributed by atoms with Crippen molar-refractivity contribution >= 4 is 54.3 Å². The van der Waals surface area contributed by atoms with Gasteiger partial charge in [-0.2, -0.15) is 0 Å². The van der Waals surface area contributed by atoms with Gasteiger partial charge in [0, 0.05) is 10.8 Å². The molecule has 0 saturated heterocycles. The van der Waals surface area contributed by atoms with E-state index in [9.17, 15) is 0 Å². The fourth-order valence-corrected chi connectivity index (χ4v) is 7.77. The molecule has 49 heavy (non-hydrogen) atoms. The number of hydrogen-bond donors (Lipinski definition) is 0. The quantitative estimate of drug-likeness (QED) is 0.178. The Kier molecular flexibility index (Phi) is 6.25. The van der Waals surface area contributed by atoms with E-state index in [1.54, 1.807) is 0 Å². The molecule has 0 N–H and O–H groups in total. The molecule has 228 valence electrons. The van der Waals surface area contributed by atoms with E-state index in [1.165, 1.54) is 71.3 Å². The van der Waals surface area contributed by atoms with E-state index in [4.69, 9.17) is 4.42 Å². The first-order chi connectivity index (χ1) is 24.3. The van der Waals surface area contributed by atoms with Gasteiger partial charge in [-0.05, 0) is 107 Å². The van der Waals surface area contributed by atoms with Gasteiger partial charge < -0.3 is 4.42 Å². The Hall–Kier alpha value is -6.44. The van der Waals surface area contributed by atoms with Crippen molar-refractivity contribution in [2.75, 3.05) is 0 Å². The maximum Gasteiger partial charge on any atom is 0.136 e. The summed E-state index contributed by atoms with van der Waals surface area (Å²) in [5, 5.41) is 9.71. The molecule has 10 aromatic rings. The molecule has 10 rings (SSSR count). The van der Waals surface area contributed by atoms with Gasteiger partial charge in [0.1, 0.15) is 11.2 Å². The Morgan fingerprint density at radius 1 is 0.265 bits per heavy atom. The van der Waals surface area contributed by atoms with Crippen LogP contribution in [-0.2, 0) is 0 Å². The predicted octanol–water partition coefficient (Wildman–Crippen LogP) is 13.7. The minimum atomic E-state index is 0.900. The normalized spacial score (nSPS) is 11.7. The molecule has 0 aliphatic heterocycles. The molecular weight excluding hydrogens is 593 g/mol. The van der Waals surface area contributed by atoms with Crippen molar-refractivity contribution in [2.24, 2.45) is 0 Å². The Morgan fingerprint density at radius 2 is 0.816 bits per heavy atom. The number of hydrogen-bond acceptors (Lipinski definition) is 1. The summed E-state index contributed by atoms with van der Waals surface area (Å²) in [4.78, 5) is 0. The first kappa shape index (κ1) is 27.7. The third-order valence-corrected chi connectivity index (χ3v) is 10.1. The summed E-state index contributed by atoms with van der Waals surface area (Å²) in [6.45, 7) is 0. The second-order valence-corrected chi connectivity index (χ2v) is 12.8. The monoisotopic (exact) mass is 622 g/mol. The first-order valence-corrected chi connectivity index (χ1v) is 16.8. The molecule has 0 atom stereocenters. The van der Waals surface area contributed by atoms with E-state index < -0.39 is 0 Å². The molecular formula is C48H30O. The third kappa shape index (κ3) is 4.47. The number of fused-ring (bicyclic) bond motifs is 6. The Bertz CT molecular complexity index is 2800. The maximum absolute atomic E-state index is 6.52. The van der Waals surface area contributed by atoms with Crippen LogP contribution in [0.4, 0.5) is 0 Å². The molecule has 0 radical (unpaired) electrons. The zero-order chi connectivity index (χ0) is 32.3. The third-order valence-electron chi connectivity index (χ3n) is 10.1. The average molecular weight is 623 g/mol. The Balaban J connectivity index is 1.21. The molecule has 1 heterocycles. The maximum atomic E-state index is 6.52. The van der Waals surface area contributed by atoms with Gasteiger partial charge in [0.2, 0.25) is 0 Å². The molecule has 1 nitrogen and oxygen atoms in total. The second kappa shape index (κ2) is 11.1. The predicted molar refractivity (Wildman–Crippen MR) is 208 cm³/mol. The Morgan fingerprint density at radius 3 is 1.47 bits per heavy atom. The second-order valence-electron chi connectivity index (χ2n) is 12.8. The molecule has 0 aliphatic rings. The summed E-state index contributed by atoms with van der Waals surface area (Å²) in [6.07, 6.45) is 0. The highest BCUT2D eigenvalue weighted by atomic mass is 16.3. The van der Waals surface area contributed by atoms with E-state index in [-0.39, 0.29) is 0 Å². The molecule has 0 unspecified atom stereocenters. The smallest absolute Gasteiger partial charge is 0.136 e. The van der Waals surface area contributed by atoms with Gasteiger partial charge in [-0.25, -0.2) is 0 Å². The zero-order valence-corrected chi connectivity index (χ0v) is 26.7. The van der Waals surface area contributed by atoms with Crippen LogP contribution in [0.3, 0.4) is 0 Å². The molecule has 0 aliphatic carbocycles. The lowest BCUT2D eigenvalue weighted by atomic mass is 9.84. The van der Waals surface area contributed by atoms with Gasteiger partial charge in [-0.1, -0.05) is 152 Å². The number of furan rings is 1. The zero-order valence-electron chi connectivity index (χ0n) is 26.7. The summed E-state index contributed by atoms with van der Waals surface area (Å²) >= 11 is 0. The molecule has 1 aromatic heterocycles. The largest absolute Gasteiger partial charge is 0.456 e. The molecule has 0 saturated carbocycles. The molecule has 1 heteroatoms. The SMILES string of the molecule is c1ccc(-c2ccc3cccc(-c4c5ccccc5c(-c5ccc6c(c5)oc5ccc(-c7ccccc7)cc56)c5ccccc45)c3c2)cc1. The minimum absolute atomic E-state index is 0.900. The molecule has 0 fully saturated rings. The van der Waals surface area contributed by atoms with E-state index in [2.05, 4.69) is 182 Å². The Labute approximate surface area is 284 Å². The van der Waals surface area contributed by atoms with Crippen molar-refractivity contribution in [1.82, 2.24) is 0 Å². The van der Waals surface area contributed by atoms with Gasteiger partial charge in [0.05, 0.1) is 0 Å². The van der Waals surface area contributed by atoms with Crippen LogP contribution in [0.25, 0.3) is 98.8 Å². The van der Waals surface area contributed by atoms with Gasteiger partial charge >= 0.3 is 0 Å². The summed E-state index contributed by atoms with van der Waals surface area (Å²) in [5.41, 5.74) is 11.5. The minimum Gasteiger partial charge on any atom is -0.456 e. The molecule has 0 amide bonds. The standard InChI is InChI=1S/C48H30O/c1-3-12-31(13-4-1)34-23-22-33-16-11-21-42(43(33)28-34)48-40-19-9-7-17-38(40)47(39-18-8-10-20-41(39)48)36-24-26-37-44-29-35(32-14-5-2-6-15-32)25-27-45(44)49-46(37)30-36/h1-30H. The highest BCUT2D eigenvalue weighted by Crippen LogP contribution is 2.46. The lowest BCUT2D eigenvalue weighted by Gasteiger charge is -2.19. The van der Waals surface area contributed by atoms with Crippen molar-refractivity contribution in [2.45, 2.75) is 0 Å². The van der Waals surface area contributed by atoms with Gasteiger partial charge in [-0.3, -0.25) is 0 Å². The van der Waals surface area contributed by atoms with Gasteiger partial charge in [-0.15, -0.1) is 0 Å². The summed E-state index contributed by atoms with van der Waals surface area (Å²) in [7, 11) is 0. The topological polar surface area (TPSA) is 13.1 Å².